The molecule has 2 rings (SSSR count). The van der Waals surface area contributed by atoms with E-state index in [0.717, 1.165) is 0 Å². The average Bonchev–Trinajstić information content (AvgIpc) is 2.75. The average molecular weight is 208 g/mol. The van der Waals surface area contributed by atoms with Gasteiger partial charge in [0.1, 0.15) is 0 Å². The van der Waals surface area contributed by atoms with E-state index in [2.05, 4.69) is 5.32 Å². The number of carboxylic acid groups (broad SMARTS) is 1. The van der Waals surface area contributed by atoms with Gasteiger partial charge in [0.05, 0.1) is 19.1 Å². The molecule has 0 bridgehead atoms. The van der Waals surface area contributed by atoms with Crippen molar-refractivity contribution in [1.82, 2.24) is 5.32 Å². The van der Waals surface area contributed by atoms with Crippen LogP contribution in [0.3, 0.4) is 0 Å². The Balaban J connectivity index is 0.000000845. The lowest BCUT2D eigenvalue weighted by atomic mass is 10.1. The molecule has 0 amide bonds. The molecule has 13 heavy (non-hydrogen) atoms. The van der Waals surface area contributed by atoms with Crippen LogP contribution in [0.2, 0.25) is 0 Å². The van der Waals surface area contributed by atoms with Gasteiger partial charge in [-0.15, -0.1) is 12.4 Å². The van der Waals surface area contributed by atoms with Crippen molar-refractivity contribution in [2.75, 3.05) is 13.2 Å². The Morgan fingerprint density at radius 1 is 1.62 bits per heavy atom. The molecule has 1 aliphatic heterocycles. The summed E-state index contributed by atoms with van der Waals surface area (Å²) in [4.78, 5) is 10.3. The van der Waals surface area contributed by atoms with E-state index in [0.29, 0.717) is 13.2 Å². The molecule has 1 unspecified atom stereocenters. The fraction of sp³-hybridized carbons (Fsp3) is 0.875. The van der Waals surface area contributed by atoms with Crippen molar-refractivity contribution in [3.05, 3.63) is 0 Å². The highest BCUT2D eigenvalue weighted by molar-refractivity contribution is 5.85. The highest BCUT2D eigenvalue weighted by Crippen LogP contribution is 2.37. The minimum absolute atomic E-state index is 0. The summed E-state index contributed by atoms with van der Waals surface area (Å²) < 4.78 is 5.42. The van der Waals surface area contributed by atoms with Gasteiger partial charge in [0.15, 0.2) is 0 Å². The van der Waals surface area contributed by atoms with E-state index in [1.165, 1.54) is 12.8 Å². The van der Waals surface area contributed by atoms with Crippen LogP contribution in [-0.4, -0.2) is 35.9 Å². The molecular formula is C8H14ClNO3. The van der Waals surface area contributed by atoms with Gasteiger partial charge in [0, 0.05) is 12.1 Å². The molecule has 0 aromatic rings. The van der Waals surface area contributed by atoms with Crippen LogP contribution in [0.5, 0.6) is 0 Å². The molecule has 1 atom stereocenters. The van der Waals surface area contributed by atoms with E-state index in [9.17, 15) is 4.79 Å². The number of rotatable bonds is 2. The quantitative estimate of drug-likeness (QED) is 0.689. The van der Waals surface area contributed by atoms with Gasteiger partial charge in [-0.2, -0.15) is 0 Å². The van der Waals surface area contributed by atoms with E-state index in [-0.39, 0.29) is 30.5 Å². The van der Waals surface area contributed by atoms with Gasteiger partial charge in [-0.3, -0.25) is 4.79 Å². The maximum absolute atomic E-state index is 10.3. The molecule has 76 valence electrons. The van der Waals surface area contributed by atoms with Gasteiger partial charge in [0.2, 0.25) is 0 Å². The summed E-state index contributed by atoms with van der Waals surface area (Å²) in [5.41, 5.74) is 0.231. The number of ether oxygens (including phenoxy) is 1. The summed E-state index contributed by atoms with van der Waals surface area (Å²) in [5, 5.41) is 11.8. The Hall–Kier alpha value is -0.320. The number of nitrogens with one attached hydrogen (secondary N) is 1. The molecule has 0 radical (unpaired) electrons. The number of morpholine rings is 1. The second-order valence-corrected chi connectivity index (χ2v) is 3.69. The van der Waals surface area contributed by atoms with Crippen LogP contribution in [-0.2, 0) is 9.53 Å². The van der Waals surface area contributed by atoms with Gasteiger partial charge in [-0.25, -0.2) is 0 Å². The molecule has 2 aliphatic rings. The molecule has 0 aromatic heterocycles. The first-order valence-corrected chi connectivity index (χ1v) is 4.29. The Morgan fingerprint density at radius 2 is 2.31 bits per heavy atom. The van der Waals surface area contributed by atoms with E-state index in [4.69, 9.17) is 9.84 Å². The Bertz CT molecular complexity index is 196. The van der Waals surface area contributed by atoms with Gasteiger partial charge in [-0.1, -0.05) is 0 Å². The number of hydrogen-bond donors (Lipinski definition) is 2. The number of carbonyl (C=O) groups is 1. The van der Waals surface area contributed by atoms with Gasteiger partial charge in [-0.05, 0) is 12.8 Å². The van der Waals surface area contributed by atoms with E-state index in [1.54, 1.807) is 0 Å². The minimum Gasteiger partial charge on any atom is -0.481 e. The highest BCUT2D eigenvalue weighted by atomic mass is 35.5. The Kier molecular flexibility index (Phi) is 3.16. The topological polar surface area (TPSA) is 58.6 Å². The van der Waals surface area contributed by atoms with Gasteiger partial charge < -0.3 is 15.2 Å². The molecule has 1 saturated carbocycles. The molecular weight excluding hydrogens is 194 g/mol. The second-order valence-electron chi connectivity index (χ2n) is 3.69. The first kappa shape index (κ1) is 10.8. The van der Waals surface area contributed by atoms with Gasteiger partial charge in [0.25, 0.3) is 0 Å². The molecule has 5 heteroatoms. The Morgan fingerprint density at radius 3 is 2.69 bits per heavy atom. The maximum atomic E-state index is 10.3. The molecule has 1 aliphatic carbocycles. The van der Waals surface area contributed by atoms with Crippen LogP contribution < -0.4 is 5.32 Å². The maximum Gasteiger partial charge on any atom is 0.306 e. The van der Waals surface area contributed by atoms with E-state index in [1.807, 2.05) is 0 Å². The van der Waals surface area contributed by atoms with Gasteiger partial charge >= 0.3 is 5.97 Å². The van der Waals surface area contributed by atoms with Crippen LogP contribution >= 0.6 is 12.4 Å². The third kappa shape index (κ3) is 2.56. The summed E-state index contributed by atoms with van der Waals surface area (Å²) in [6.45, 7) is 1.37. The van der Waals surface area contributed by atoms with Crippen molar-refractivity contribution < 1.29 is 14.6 Å². The zero-order chi connectivity index (χ0) is 8.60. The van der Waals surface area contributed by atoms with E-state index < -0.39 is 5.97 Å². The van der Waals surface area contributed by atoms with Crippen molar-refractivity contribution in [1.29, 1.82) is 0 Å². The predicted octanol–water partition coefficient (Wildman–Crippen LogP) is 0.404. The van der Waals surface area contributed by atoms with Crippen LogP contribution in [0.1, 0.15) is 19.3 Å². The standard InChI is InChI=1S/C8H13NO3.ClH/c10-7(11)3-6-4-9-8(1-2-8)5-12-6;/h6,9H,1-5H2,(H,10,11);1H. The summed E-state index contributed by atoms with van der Waals surface area (Å²) in [7, 11) is 0. The van der Waals surface area contributed by atoms with Crippen molar-refractivity contribution in [2.45, 2.75) is 30.9 Å². The molecule has 0 aromatic carbocycles. The normalized spacial score (nSPS) is 29.4. The Labute approximate surface area is 83.1 Å². The zero-order valence-electron chi connectivity index (χ0n) is 7.28. The summed E-state index contributed by atoms with van der Waals surface area (Å²) >= 11 is 0. The zero-order valence-corrected chi connectivity index (χ0v) is 8.10. The SMILES string of the molecule is Cl.O=C(O)CC1CNC2(CC2)CO1. The van der Waals surface area contributed by atoms with Crippen LogP contribution in [0.4, 0.5) is 0 Å². The third-order valence-corrected chi connectivity index (χ3v) is 2.56. The molecule has 2 N–H and O–H groups in total. The van der Waals surface area contributed by atoms with E-state index >= 15 is 0 Å². The third-order valence-electron chi connectivity index (χ3n) is 2.56. The lowest BCUT2D eigenvalue weighted by molar-refractivity contribution is -0.141. The lowest BCUT2D eigenvalue weighted by Crippen LogP contribution is -2.48. The van der Waals surface area contributed by atoms with Crippen molar-refractivity contribution in [3.8, 4) is 0 Å². The summed E-state index contributed by atoms with van der Waals surface area (Å²) in [6.07, 6.45) is 2.33. The second kappa shape index (κ2) is 3.82. The number of hydrogen-bond acceptors (Lipinski definition) is 3. The number of aliphatic carboxylic acids is 1. The minimum atomic E-state index is -0.784. The molecule has 2 fully saturated rings. The van der Waals surface area contributed by atoms with Crippen LogP contribution in [0, 0.1) is 0 Å². The van der Waals surface area contributed by atoms with Crippen LogP contribution in [0.15, 0.2) is 0 Å². The summed E-state index contributed by atoms with van der Waals surface area (Å²) in [6, 6.07) is 0. The number of halogens is 1. The largest absolute Gasteiger partial charge is 0.481 e. The smallest absolute Gasteiger partial charge is 0.306 e. The highest BCUT2D eigenvalue weighted by Gasteiger charge is 2.45. The fourth-order valence-corrected chi connectivity index (χ4v) is 1.52. The van der Waals surface area contributed by atoms with Crippen LogP contribution in [0.25, 0.3) is 0 Å². The predicted molar refractivity (Wildman–Crippen MR) is 49.2 cm³/mol. The first-order valence-electron chi connectivity index (χ1n) is 4.29. The fourth-order valence-electron chi connectivity index (χ4n) is 1.52. The van der Waals surface area contributed by atoms with Crippen molar-refractivity contribution in [2.24, 2.45) is 0 Å². The first-order chi connectivity index (χ1) is 5.70. The summed E-state index contributed by atoms with van der Waals surface area (Å²) in [5.74, 6) is -0.784. The molecule has 1 heterocycles. The lowest BCUT2D eigenvalue weighted by Gasteiger charge is -2.29. The molecule has 4 nitrogen and oxygen atoms in total. The number of carboxylic acids is 1. The van der Waals surface area contributed by atoms with Crippen molar-refractivity contribution >= 4 is 18.4 Å². The molecule has 1 spiro atoms. The molecule has 1 saturated heterocycles. The monoisotopic (exact) mass is 207 g/mol. The van der Waals surface area contributed by atoms with Crippen molar-refractivity contribution in [3.63, 3.8) is 0 Å².